The molecule has 324 valence electrons. The molecule has 0 heterocycles. The third-order valence-corrected chi connectivity index (χ3v) is 14.4. The zero-order valence-electron chi connectivity index (χ0n) is 34.3. The van der Waals surface area contributed by atoms with Crippen molar-refractivity contribution in [2.75, 3.05) is 13.2 Å². The molecule has 2 aliphatic carbocycles. The molecule has 14 nitrogen and oxygen atoms in total. The molecule has 0 saturated heterocycles. The summed E-state index contributed by atoms with van der Waals surface area (Å²) in [7, 11) is -19.4. The second-order valence-corrected chi connectivity index (χ2v) is 21.5. The summed E-state index contributed by atoms with van der Waals surface area (Å²) < 4.78 is 16.8. The highest BCUT2D eigenvalue weighted by Crippen LogP contribution is 2.67. The minimum atomic E-state index is -5.33. The highest BCUT2D eigenvalue weighted by atomic mass is 31.3. The maximum atomic E-state index is 11.3. The Morgan fingerprint density at radius 3 is 1.91 bits per heavy atom. The number of phosphoric acid groups is 2. The zero-order valence-corrected chi connectivity index (χ0v) is 37.9. The Hall–Kier alpha value is -0.400. The van der Waals surface area contributed by atoms with Gasteiger partial charge in [-0.15, -0.1) is 4.52 Å². The molecule has 18 heteroatoms. The summed E-state index contributed by atoms with van der Waals surface area (Å²) >= 11 is 0. The lowest BCUT2D eigenvalue weighted by atomic mass is 9.54. The van der Waals surface area contributed by atoms with Crippen molar-refractivity contribution in [3.63, 3.8) is 0 Å². The van der Waals surface area contributed by atoms with Gasteiger partial charge in [0.2, 0.25) is 0 Å². The van der Waals surface area contributed by atoms with E-state index in [4.69, 9.17) is 29.0 Å². The molecule has 0 aliphatic heterocycles. The standard InChI is InChI=1S/C19H36O7P2.C19H34O7P2/c1-14(11-13-25-28(23,24)26-27(20,21)22)7-9-16-15(2)8-10-18-17(16)6-5-12-19(18,3)4;1-17(2)11-8-6-5-7-9-12-18(3)13-10-14-19(4)15-16-25-28(23,24)26-27(20,21)22/h11,16-18,20-24H,2,5-10,12-13H2,1,3-4H3;5,7,11,13,15H,6,8-10,12,14,16H2,1-4H3,(H,23,24)(H2,20,21,22)/q+2;/p-1/b14-11+;7-5+,18-13+,19-15+/t16-,17?,18+;/m1./s1. The highest BCUT2D eigenvalue weighted by Gasteiger charge is 2.58. The number of phosphoric ester groups is 1. The van der Waals surface area contributed by atoms with Crippen molar-refractivity contribution in [3.05, 3.63) is 70.9 Å². The first kappa shape index (κ1) is 53.6. The summed E-state index contributed by atoms with van der Waals surface area (Å²) in [5.41, 5.74) is 6.39. The SMILES string of the molecule is C=C1CC[C@H]2C(CCCC2(C)C)[C@@H]1CC/C(C)=C/CO[P+](O)(O)O[P+](O)(O)O.CC(C)=CCC/C=C/CC/C(C)=C/CC/C(C)=C/CO[P+]([O-])(O)O[P+]([O-])([O-])O. The average Bonchev–Trinajstić information content (AvgIpc) is 3.01. The third-order valence-electron chi connectivity index (χ3n) is 10.1. The maximum absolute atomic E-state index is 11.3. The fourth-order valence-electron chi connectivity index (χ4n) is 7.21. The topological polar surface area (TPSA) is 248 Å². The van der Waals surface area contributed by atoms with E-state index in [0.29, 0.717) is 17.3 Å². The van der Waals surface area contributed by atoms with Crippen LogP contribution in [0, 0.1) is 23.2 Å². The van der Waals surface area contributed by atoms with Crippen LogP contribution in [0.1, 0.15) is 132 Å². The van der Waals surface area contributed by atoms with Crippen LogP contribution < -0.4 is 14.7 Å². The van der Waals surface area contributed by atoms with Crippen molar-refractivity contribution in [1.82, 2.24) is 0 Å². The average molecular weight is 874 g/mol. The predicted molar refractivity (Wildman–Crippen MR) is 221 cm³/mol. The van der Waals surface area contributed by atoms with Crippen LogP contribution in [0.4, 0.5) is 0 Å². The minimum absolute atomic E-state index is 0.155. The van der Waals surface area contributed by atoms with E-state index in [0.717, 1.165) is 74.9 Å². The van der Waals surface area contributed by atoms with E-state index in [-0.39, 0.29) is 13.2 Å². The molecule has 2 rings (SSSR count). The van der Waals surface area contributed by atoms with Gasteiger partial charge in [-0.05, 0) is 139 Å². The van der Waals surface area contributed by atoms with E-state index < -0.39 is 32.7 Å². The largest absolute Gasteiger partial charge is 0.631 e. The Morgan fingerprint density at radius 2 is 1.30 bits per heavy atom. The van der Waals surface area contributed by atoms with E-state index in [1.54, 1.807) is 12.2 Å². The summed E-state index contributed by atoms with van der Waals surface area (Å²) in [6.45, 7) is 18.8. The first-order chi connectivity index (χ1) is 25.7. The second-order valence-electron chi connectivity index (χ2n) is 15.7. The van der Waals surface area contributed by atoms with E-state index in [9.17, 15) is 24.5 Å². The molecule has 0 amide bonds. The van der Waals surface area contributed by atoms with Crippen LogP contribution in [0.3, 0.4) is 0 Å². The lowest BCUT2D eigenvalue weighted by Crippen LogP contribution is -2.41. The van der Waals surface area contributed by atoms with Gasteiger partial charge in [0, 0.05) is 0 Å². The number of fused-ring (bicyclic) bond motifs is 1. The van der Waals surface area contributed by atoms with Gasteiger partial charge in [-0.25, -0.2) is 4.89 Å². The van der Waals surface area contributed by atoms with Gasteiger partial charge in [0.15, 0.2) is 0 Å². The lowest BCUT2D eigenvalue weighted by Gasteiger charge is -2.51. The van der Waals surface area contributed by atoms with Crippen molar-refractivity contribution < 1.29 is 66.6 Å². The Kier molecular flexibility index (Phi) is 24.3. The number of rotatable bonds is 22. The van der Waals surface area contributed by atoms with Crippen molar-refractivity contribution in [2.24, 2.45) is 23.2 Å². The molecular formula is C38H69O14P4+. The van der Waals surface area contributed by atoms with Crippen molar-refractivity contribution in [3.8, 4) is 0 Å². The van der Waals surface area contributed by atoms with E-state index in [1.807, 2.05) is 13.8 Å². The summed E-state index contributed by atoms with van der Waals surface area (Å²) in [6.07, 6.45) is 25.9. The molecule has 0 aromatic carbocycles. The second kappa shape index (κ2) is 25.4. The molecule has 2 unspecified atom stereocenters. The van der Waals surface area contributed by atoms with Crippen LogP contribution in [-0.2, 0) is 17.7 Å². The van der Waals surface area contributed by atoms with Gasteiger partial charge in [0.05, 0.1) is 4.31 Å². The fraction of sp³-hybridized carbons (Fsp3) is 0.684. The lowest BCUT2D eigenvalue weighted by molar-refractivity contribution is -0.360. The van der Waals surface area contributed by atoms with E-state index >= 15 is 0 Å². The Morgan fingerprint density at radius 1 is 0.732 bits per heavy atom. The number of hydrogen-bond donors (Lipinski definition) is 7. The van der Waals surface area contributed by atoms with Gasteiger partial charge < -0.3 is 14.7 Å². The van der Waals surface area contributed by atoms with Crippen LogP contribution in [0.5, 0.6) is 0 Å². The third kappa shape index (κ3) is 25.3. The molecule has 0 aromatic heterocycles. The quantitative estimate of drug-likeness (QED) is 0.0314. The van der Waals surface area contributed by atoms with Crippen molar-refractivity contribution in [2.45, 2.75) is 132 Å². The van der Waals surface area contributed by atoms with Gasteiger partial charge in [0.25, 0.3) is 8.17 Å². The first-order valence-electron chi connectivity index (χ1n) is 19.1. The normalized spacial score (nSPS) is 22.3. The van der Waals surface area contributed by atoms with Crippen LogP contribution in [0.25, 0.3) is 0 Å². The molecule has 0 aromatic rings. The van der Waals surface area contributed by atoms with Gasteiger partial charge in [0.1, 0.15) is 13.2 Å². The van der Waals surface area contributed by atoms with E-state index in [2.05, 4.69) is 78.6 Å². The smallest absolute Gasteiger partial charge is 0.620 e. The van der Waals surface area contributed by atoms with Gasteiger partial charge in [-0.1, -0.05) is 91.2 Å². The Bertz CT molecular complexity index is 1340. The van der Waals surface area contributed by atoms with Gasteiger partial charge in [-0.2, -0.15) is 33.9 Å². The Balaban J connectivity index is 0.000000560. The molecule has 0 bridgehead atoms. The molecule has 56 heavy (non-hydrogen) atoms. The summed E-state index contributed by atoms with van der Waals surface area (Å²) in [5, 5.41) is 0. The maximum Gasteiger partial charge on any atom is 0.620 e. The molecule has 0 spiro atoms. The highest BCUT2D eigenvalue weighted by molar-refractivity contribution is 7.67. The van der Waals surface area contributed by atoms with E-state index in [1.165, 1.54) is 42.4 Å². The van der Waals surface area contributed by atoms with Crippen LogP contribution >= 0.6 is 32.7 Å². The minimum Gasteiger partial charge on any atom is -0.631 e. The molecule has 7 N–H and O–H groups in total. The van der Waals surface area contributed by atoms with Crippen molar-refractivity contribution >= 4 is 32.7 Å². The monoisotopic (exact) mass is 873 g/mol. The summed E-state index contributed by atoms with van der Waals surface area (Å²) in [5.74, 6) is 1.98. The first-order valence-corrected chi connectivity index (χ1v) is 25.2. The number of hydrogen-bond acceptors (Lipinski definition) is 14. The summed E-state index contributed by atoms with van der Waals surface area (Å²) in [6, 6.07) is 0. The molecular weight excluding hydrogens is 804 g/mol. The molecule has 2 fully saturated rings. The predicted octanol–water partition coefficient (Wildman–Crippen LogP) is 7.67. The molecule has 2 aliphatic rings. The van der Waals surface area contributed by atoms with Crippen LogP contribution in [0.2, 0.25) is 0 Å². The van der Waals surface area contributed by atoms with Crippen LogP contribution in [-0.4, -0.2) is 47.5 Å². The number of allylic oxidation sites excluding steroid dienone is 9. The Labute approximate surface area is 337 Å². The van der Waals surface area contributed by atoms with Crippen LogP contribution in [0.15, 0.2) is 70.9 Å². The molecule has 2 saturated carbocycles. The number of unbranched alkanes of at least 4 members (excludes halogenated alkanes) is 1. The zero-order chi connectivity index (χ0) is 42.8. The molecule has 4 atom stereocenters. The molecule has 0 radical (unpaired) electrons. The fourth-order valence-corrected chi connectivity index (χ4v) is 10.3. The van der Waals surface area contributed by atoms with Gasteiger partial charge in [-0.3, -0.25) is 0 Å². The van der Waals surface area contributed by atoms with Gasteiger partial charge >= 0.3 is 24.5 Å². The summed E-state index contributed by atoms with van der Waals surface area (Å²) in [4.78, 5) is 94.8. The van der Waals surface area contributed by atoms with Crippen molar-refractivity contribution in [1.29, 1.82) is 0 Å².